The summed E-state index contributed by atoms with van der Waals surface area (Å²) in [6, 6.07) is 20.8. The Hall–Kier alpha value is -2.48. The zero-order valence-electron chi connectivity index (χ0n) is 13.2. The fourth-order valence-corrected chi connectivity index (χ4v) is 3.32. The van der Waals surface area contributed by atoms with E-state index in [-0.39, 0.29) is 0 Å². The largest absolute Gasteiger partial charge is 0.233 e. The molecule has 23 heavy (non-hydrogen) atoms. The Balaban J connectivity index is 1.92. The van der Waals surface area contributed by atoms with Gasteiger partial charge in [0.25, 0.3) is 0 Å². The van der Waals surface area contributed by atoms with Gasteiger partial charge in [0.1, 0.15) is 0 Å². The quantitative estimate of drug-likeness (QED) is 0.617. The molecule has 0 saturated carbocycles. The molecule has 2 nitrogen and oxygen atoms in total. The number of hydrogen-bond donors (Lipinski definition) is 0. The molecule has 1 aliphatic carbocycles. The Morgan fingerprint density at radius 2 is 1.26 bits per heavy atom. The van der Waals surface area contributed by atoms with E-state index in [0.29, 0.717) is 0 Å². The average molecular weight is 300 g/mol. The van der Waals surface area contributed by atoms with E-state index < -0.39 is 0 Å². The Bertz CT molecular complexity index is 795. The molecule has 0 bridgehead atoms. The molecular formula is C21H20N2. The van der Waals surface area contributed by atoms with Crippen molar-refractivity contribution in [1.82, 2.24) is 9.97 Å². The van der Waals surface area contributed by atoms with Crippen LogP contribution in [0.5, 0.6) is 0 Å². The Morgan fingerprint density at radius 3 is 2.00 bits per heavy atom. The van der Waals surface area contributed by atoms with Gasteiger partial charge in [0.2, 0.25) is 0 Å². The molecule has 1 aliphatic rings. The lowest BCUT2D eigenvalue weighted by atomic mass is 10.00. The van der Waals surface area contributed by atoms with Crippen molar-refractivity contribution in [3.05, 3.63) is 71.9 Å². The van der Waals surface area contributed by atoms with Gasteiger partial charge in [0, 0.05) is 22.4 Å². The first kappa shape index (κ1) is 14.1. The summed E-state index contributed by atoms with van der Waals surface area (Å²) in [4.78, 5) is 9.88. The summed E-state index contributed by atoms with van der Waals surface area (Å²) >= 11 is 0. The van der Waals surface area contributed by atoms with E-state index in [1.54, 1.807) is 0 Å². The lowest BCUT2D eigenvalue weighted by molar-refractivity contribution is 0.709. The minimum absolute atomic E-state index is 0.852. The first-order valence-electron chi connectivity index (χ1n) is 8.42. The number of nitrogens with zero attached hydrogens (tertiary/aromatic N) is 2. The fourth-order valence-electron chi connectivity index (χ4n) is 3.32. The van der Waals surface area contributed by atoms with Crippen LogP contribution in [0.25, 0.3) is 22.6 Å². The van der Waals surface area contributed by atoms with Gasteiger partial charge in [-0.25, -0.2) is 9.97 Å². The summed E-state index contributed by atoms with van der Waals surface area (Å²) < 4.78 is 0. The molecule has 4 rings (SSSR count). The number of benzene rings is 2. The molecule has 0 radical (unpaired) electrons. The van der Waals surface area contributed by atoms with Gasteiger partial charge in [-0.05, 0) is 25.7 Å². The van der Waals surface area contributed by atoms with Crippen molar-refractivity contribution in [1.29, 1.82) is 0 Å². The maximum atomic E-state index is 4.96. The summed E-state index contributed by atoms with van der Waals surface area (Å²) in [5.74, 6) is 0.852. The first-order chi connectivity index (χ1) is 11.4. The second-order valence-electron chi connectivity index (χ2n) is 6.11. The minimum Gasteiger partial charge on any atom is -0.233 e. The second-order valence-corrected chi connectivity index (χ2v) is 6.11. The van der Waals surface area contributed by atoms with E-state index in [4.69, 9.17) is 9.97 Å². The Labute approximate surface area is 137 Å². The lowest BCUT2D eigenvalue weighted by Crippen LogP contribution is -2.04. The monoisotopic (exact) mass is 300 g/mol. The smallest absolute Gasteiger partial charge is 0.160 e. The molecular weight excluding hydrogens is 280 g/mol. The van der Waals surface area contributed by atoms with E-state index in [0.717, 1.165) is 29.9 Å². The molecule has 0 unspecified atom stereocenters. The molecule has 0 amide bonds. The van der Waals surface area contributed by atoms with Gasteiger partial charge < -0.3 is 0 Å². The van der Waals surface area contributed by atoms with Gasteiger partial charge in [0.15, 0.2) is 5.82 Å². The third-order valence-corrected chi connectivity index (χ3v) is 4.51. The molecule has 114 valence electrons. The van der Waals surface area contributed by atoms with Crippen LogP contribution in [0, 0.1) is 0 Å². The molecule has 2 heteroatoms. The molecule has 0 N–H and O–H groups in total. The number of rotatable bonds is 2. The highest BCUT2D eigenvalue weighted by atomic mass is 14.9. The van der Waals surface area contributed by atoms with Crippen molar-refractivity contribution < 1.29 is 0 Å². The van der Waals surface area contributed by atoms with E-state index in [9.17, 15) is 0 Å². The summed E-state index contributed by atoms with van der Waals surface area (Å²) in [6.07, 6.45) is 5.91. The predicted octanol–water partition coefficient (Wildman–Crippen LogP) is 5.08. The Kier molecular flexibility index (Phi) is 3.89. The van der Waals surface area contributed by atoms with Crippen LogP contribution in [0.1, 0.15) is 30.5 Å². The van der Waals surface area contributed by atoms with Crippen molar-refractivity contribution in [3.63, 3.8) is 0 Å². The van der Waals surface area contributed by atoms with Crippen LogP contribution < -0.4 is 0 Å². The van der Waals surface area contributed by atoms with E-state index in [1.807, 2.05) is 18.2 Å². The van der Waals surface area contributed by atoms with Crippen LogP contribution >= 0.6 is 0 Å². The lowest BCUT2D eigenvalue weighted by Gasteiger charge is -2.14. The van der Waals surface area contributed by atoms with Crippen LogP contribution in [0.15, 0.2) is 60.7 Å². The van der Waals surface area contributed by atoms with Gasteiger partial charge >= 0.3 is 0 Å². The molecule has 0 spiro atoms. The molecule has 1 aromatic heterocycles. The number of aryl methyl sites for hydroxylation is 1. The normalized spacial score (nSPS) is 14.1. The van der Waals surface area contributed by atoms with E-state index >= 15 is 0 Å². The molecule has 1 heterocycles. The van der Waals surface area contributed by atoms with Crippen LogP contribution in [0.3, 0.4) is 0 Å². The van der Waals surface area contributed by atoms with Crippen LogP contribution in [-0.4, -0.2) is 9.97 Å². The molecule has 0 fully saturated rings. The van der Waals surface area contributed by atoms with Gasteiger partial charge in [-0.3, -0.25) is 0 Å². The fraction of sp³-hybridized carbons (Fsp3) is 0.238. The highest BCUT2D eigenvalue weighted by molar-refractivity contribution is 5.68. The number of fused-ring (bicyclic) bond motifs is 1. The molecule has 3 aromatic rings. The van der Waals surface area contributed by atoms with Gasteiger partial charge in [0.05, 0.1) is 5.69 Å². The molecule has 0 saturated heterocycles. The molecule has 0 atom stereocenters. The zero-order chi connectivity index (χ0) is 15.5. The predicted molar refractivity (Wildman–Crippen MR) is 94.2 cm³/mol. The topological polar surface area (TPSA) is 25.8 Å². The van der Waals surface area contributed by atoms with Gasteiger partial charge in [-0.1, -0.05) is 67.1 Å². The summed E-state index contributed by atoms with van der Waals surface area (Å²) in [6.45, 7) is 0. The summed E-state index contributed by atoms with van der Waals surface area (Å²) in [5, 5.41) is 0. The Morgan fingerprint density at radius 1 is 0.609 bits per heavy atom. The van der Waals surface area contributed by atoms with E-state index in [1.165, 1.54) is 36.1 Å². The number of hydrogen-bond acceptors (Lipinski definition) is 2. The summed E-state index contributed by atoms with van der Waals surface area (Å²) in [5.41, 5.74) is 6.02. The van der Waals surface area contributed by atoms with Crippen LogP contribution in [0.4, 0.5) is 0 Å². The SMILES string of the molecule is c1ccc(-c2nc3c(c(-c4ccccc4)n2)CCCCC3)cc1. The third kappa shape index (κ3) is 2.89. The highest BCUT2D eigenvalue weighted by Gasteiger charge is 2.18. The standard InChI is InChI=1S/C21H20N2/c1-4-10-16(11-5-1)20-18-14-8-3-9-15-19(18)22-21(23-20)17-12-6-2-7-13-17/h1-2,4-7,10-13H,3,8-9,14-15H2. The van der Waals surface area contributed by atoms with Crippen molar-refractivity contribution in [3.8, 4) is 22.6 Å². The average Bonchev–Trinajstić information content (AvgIpc) is 2.88. The number of aromatic nitrogens is 2. The zero-order valence-corrected chi connectivity index (χ0v) is 13.2. The van der Waals surface area contributed by atoms with Crippen molar-refractivity contribution >= 4 is 0 Å². The highest BCUT2D eigenvalue weighted by Crippen LogP contribution is 2.30. The van der Waals surface area contributed by atoms with Crippen LogP contribution in [0.2, 0.25) is 0 Å². The molecule has 0 aliphatic heterocycles. The van der Waals surface area contributed by atoms with Crippen molar-refractivity contribution in [2.75, 3.05) is 0 Å². The van der Waals surface area contributed by atoms with Crippen molar-refractivity contribution in [2.24, 2.45) is 0 Å². The summed E-state index contributed by atoms with van der Waals surface area (Å²) in [7, 11) is 0. The minimum atomic E-state index is 0.852. The van der Waals surface area contributed by atoms with E-state index in [2.05, 4.69) is 42.5 Å². The van der Waals surface area contributed by atoms with Crippen LogP contribution in [-0.2, 0) is 12.8 Å². The van der Waals surface area contributed by atoms with Gasteiger partial charge in [-0.2, -0.15) is 0 Å². The first-order valence-corrected chi connectivity index (χ1v) is 8.42. The maximum Gasteiger partial charge on any atom is 0.160 e. The van der Waals surface area contributed by atoms with Gasteiger partial charge in [-0.15, -0.1) is 0 Å². The third-order valence-electron chi connectivity index (χ3n) is 4.51. The maximum absolute atomic E-state index is 4.96. The van der Waals surface area contributed by atoms with Crippen molar-refractivity contribution in [2.45, 2.75) is 32.1 Å². The second kappa shape index (κ2) is 6.33. The molecule has 2 aromatic carbocycles.